The van der Waals surface area contributed by atoms with Gasteiger partial charge < -0.3 is 0 Å². The van der Waals surface area contributed by atoms with Crippen LogP contribution in [0.3, 0.4) is 0 Å². The van der Waals surface area contributed by atoms with Crippen molar-refractivity contribution >= 4 is 76.2 Å². The van der Waals surface area contributed by atoms with E-state index < -0.39 is 0 Å². The zero-order chi connectivity index (χ0) is 35.5. The fourth-order valence-corrected chi connectivity index (χ4v) is 8.94. The molecule has 0 unspecified atom stereocenters. The molecule has 4 nitrogen and oxygen atoms in total. The van der Waals surface area contributed by atoms with Crippen LogP contribution in [-0.2, 0) is 0 Å². The lowest BCUT2D eigenvalue weighted by Crippen LogP contribution is -2.07. The fraction of sp³-hybridized carbons (Fsp3) is 0.0208. The van der Waals surface area contributed by atoms with Crippen molar-refractivity contribution < 1.29 is 0 Å². The summed E-state index contributed by atoms with van der Waals surface area (Å²) in [4.78, 5) is 15.7. The molecule has 0 aliphatic heterocycles. The van der Waals surface area contributed by atoms with Gasteiger partial charge in [0.2, 0.25) is 5.95 Å². The van der Waals surface area contributed by atoms with Crippen molar-refractivity contribution in [1.29, 1.82) is 0 Å². The van der Waals surface area contributed by atoms with Crippen LogP contribution >= 0.6 is 11.3 Å². The predicted molar refractivity (Wildman–Crippen MR) is 226 cm³/mol. The molecule has 0 aliphatic rings. The third kappa shape index (κ3) is 5.01. The van der Waals surface area contributed by atoms with E-state index in [1.807, 2.05) is 35.6 Å². The van der Waals surface area contributed by atoms with Crippen molar-refractivity contribution in [2.75, 3.05) is 0 Å². The minimum Gasteiger partial charge on any atom is -0.277 e. The van der Waals surface area contributed by atoms with Gasteiger partial charge in [-0.25, -0.2) is 4.98 Å². The molecule has 0 saturated heterocycles. The number of para-hydroxylation sites is 1. The molecule has 0 fully saturated rings. The van der Waals surface area contributed by atoms with Crippen molar-refractivity contribution in [2.45, 2.75) is 6.92 Å². The van der Waals surface area contributed by atoms with E-state index in [0.29, 0.717) is 17.6 Å². The van der Waals surface area contributed by atoms with Crippen LogP contribution in [0.2, 0.25) is 0 Å². The molecule has 0 saturated carbocycles. The summed E-state index contributed by atoms with van der Waals surface area (Å²) in [6.45, 7) is 6.36. The quantitative estimate of drug-likeness (QED) is 0.174. The molecular weight excluding hydrogens is 665 g/mol. The Bertz CT molecular complexity index is 3090. The highest BCUT2D eigenvalue weighted by Gasteiger charge is 2.23. The molecule has 7 aromatic carbocycles. The average Bonchev–Trinajstić information content (AvgIpc) is 3.77. The van der Waals surface area contributed by atoms with Crippen LogP contribution in [0.5, 0.6) is 0 Å². The summed E-state index contributed by atoms with van der Waals surface area (Å²) in [5.41, 5.74) is 8.39. The van der Waals surface area contributed by atoms with Gasteiger partial charge in [-0.15, -0.1) is 11.3 Å². The summed E-state index contributed by atoms with van der Waals surface area (Å²) in [7, 11) is 0. The van der Waals surface area contributed by atoms with Gasteiger partial charge in [0.15, 0.2) is 11.6 Å². The van der Waals surface area contributed by atoms with E-state index in [1.54, 1.807) is 0 Å². The van der Waals surface area contributed by atoms with E-state index in [0.717, 1.165) is 55.0 Å². The Morgan fingerprint density at radius 2 is 1.30 bits per heavy atom. The standard InChI is InChI=1S/C48H32N4S/c1-3-14-31-27-28-40-43(35(31)4-2)39-22-12-21-37(36-20-13-24-42-44(36)38-19-10-11-23-41(38)53-42)45(39)52(40)48-50-46(32-16-6-5-7-17-32)49-47(51-48)34-26-25-30-15-8-9-18-33(30)29-34/h3-29H,2H2,1H3/b14-3-. The van der Waals surface area contributed by atoms with Gasteiger partial charge >= 0.3 is 0 Å². The molecule has 0 amide bonds. The van der Waals surface area contributed by atoms with Crippen LogP contribution in [0.15, 0.2) is 158 Å². The highest BCUT2D eigenvalue weighted by atomic mass is 32.1. The molecule has 0 atom stereocenters. The zero-order valence-corrected chi connectivity index (χ0v) is 29.8. The molecule has 0 aliphatic carbocycles. The second-order valence-electron chi connectivity index (χ2n) is 13.2. The number of aromatic nitrogens is 4. The van der Waals surface area contributed by atoms with Crippen LogP contribution in [-0.4, -0.2) is 19.5 Å². The zero-order valence-electron chi connectivity index (χ0n) is 29.0. The van der Waals surface area contributed by atoms with E-state index >= 15 is 0 Å². The molecule has 250 valence electrons. The third-order valence-corrected chi connectivity index (χ3v) is 11.3. The predicted octanol–water partition coefficient (Wildman–Crippen LogP) is 13.2. The van der Waals surface area contributed by atoms with Crippen molar-refractivity contribution in [1.82, 2.24) is 19.5 Å². The van der Waals surface area contributed by atoms with E-state index in [1.165, 1.54) is 31.1 Å². The number of allylic oxidation sites excluding steroid dienone is 1. The molecule has 0 radical (unpaired) electrons. The summed E-state index contributed by atoms with van der Waals surface area (Å²) < 4.78 is 4.78. The molecule has 10 rings (SSSR count). The lowest BCUT2D eigenvalue weighted by atomic mass is 9.95. The monoisotopic (exact) mass is 696 g/mol. The number of fused-ring (bicyclic) bond motifs is 7. The van der Waals surface area contributed by atoms with E-state index in [-0.39, 0.29) is 0 Å². The number of hydrogen-bond acceptors (Lipinski definition) is 4. The summed E-state index contributed by atoms with van der Waals surface area (Å²) in [6, 6.07) is 51.3. The maximum Gasteiger partial charge on any atom is 0.238 e. The lowest BCUT2D eigenvalue weighted by molar-refractivity contribution is 0.954. The second-order valence-corrected chi connectivity index (χ2v) is 14.3. The summed E-state index contributed by atoms with van der Waals surface area (Å²) in [5, 5.41) is 7.05. The summed E-state index contributed by atoms with van der Waals surface area (Å²) in [5.74, 6) is 1.80. The molecule has 10 aromatic rings. The van der Waals surface area contributed by atoms with E-state index in [9.17, 15) is 0 Å². The largest absolute Gasteiger partial charge is 0.277 e. The van der Waals surface area contributed by atoms with Crippen LogP contribution in [0.1, 0.15) is 18.1 Å². The molecular formula is C48H32N4S. The maximum absolute atomic E-state index is 5.33. The Labute approximate surface area is 310 Å². The molecule has 3 heterocycles. The van der Waals surface area contributed by atoms with Crippen molar-refractivity contribution in [3.63, 3.8) is 0 Å². The lowest BCUT2D eigenvalue weighted by Gasteiger charge is -2.14. The Hall–Kier alpha value is -6.69. The SMILES string of the molecule is C=Cc1c(/C=C\C)ccc2c1c1cccc(-c3cccc4sc5ccccc5c34)c1n2-c1nc(-c2ccccc2)nc(-c2ccc3ccccc3c2)n1. The topological polar surface area (TPSA) is 43.6 Å². The molecule has 3 aromatic heterocycles. The van der Waals surface area contributed by atoms with Gasteiger partial charge in [0.25, 0.3) is 0 Å². The van der Waals surface area contributed by atoms with Crippen molar-refractivity contribution in [2.24, 2.45) is 0 Å². The minimum atomic E-state index is 0.561. The smallest absolute Gasteiger partial charge is 0.238 e. The van der Waals surface area contributed by atoms with Crippen LogP contribution in [0, 0.1) is 0 Å². The first-order chi connectivity index (χ1) is 26.2. The summed E-state index contributed by atoms with van der Waals surface area (Å²) in [6.07, 6.45) is 6.20. The Morgan fingerprint density at radius 1 is 0.585 bits per heavy atom. The highest BCUT2D eigenvalue weighted by Crippen LogP contribution is 2.45. The van der Waals surface area contributed by atoms with Crippen molar-refractivity contribution in [3.8, 4) is 39.9 Å². The second kappa shape index (κ2) is 12.5. The van der Waals surface area contributed by atoms with Gasteiger partial charge in [-0.2, -0.15) is 9.97 Å². The van der Waals surface area contributed by atoms with E-state index in [2.05, 4.69) is 158 Å². The molecule has 53 heavy (non-hydrogen) atoms. The van der Waals surface area contributed by atoms with Gasteiger partial charge in [0.05, 0.1) is 11.0 Å². The first kappa shape index (κ1) is 31.1. The third-order valence-electron chi connectivity index (χ3n) is 10.1. The average molecular weight is 697 g/mol. The Morgan fingerprint density at radius 3 is 2.15 bits per heavy atom. The first-order valence-electron chi connectivity index (χ1n) is 17.8. The normalized spacial score (nSPS) is 11.9. The van der Waals surface area contributed by atoms with Gasteiger partial charge in [-0.05, 0) is 58.7 Å². The number of thiophene rings is 1. The number of rotatable bonds is 6. The van der Waals surface area contributed by atoms with Gasteiger partial charge in [0, 0.05) is 47.6 Å². The number of benzene rings is 7. The minimum absolute atomic E-state index is 0.561. The molecule has 0 spiro atoms. The number of hydrogen-bond donors (Lipinski definition) is 0. The fourth-order valence-electron chi connectivity index (χ4n) is 7.81. The Balaban J connectivity index is 1.35. The molecule has 0 N–H and O–H groups in total. The van der Waals surface area contributed by atoms with Crippen LogP contribution < -0.4 is 0 Å². The maximum atomic E-state index is 5.33. The van der Waals surface area contributed by atoms with Gasteiger partial charge in [-0.3, -0.25) is 4.57 Å². The van der Waals surface area contributed by atoms with Gasteiger partial charge in [-0.1, -0.05) is 146 Å². The van der Waals surface area contributed by atoms with Crippen molar-refractivity contribution in [3.05, 3.63) is 169 Å². The van der Waals surface area contributed by atoms with Crippen LogP contribution in [0.25, 0.3) is 105 Å². The van der Waals surface area contributed by atoms with E-state index in [4.69, 9.17) is 15.0 Å². The highest BCUT2D eigenvalue weighted by molar-refractivity contribution is 7.25. The van der Waals surface area contributed by atoms with Crippen LogP contribution in [0.4, 0.5) is 0 Å². The summed E-state index contributed by atoms with van der Waals surface area (Å²) >= 11 is 1.83. The molecule has 5 heteroatoms. The Kier molecular flexibility index (Phi) is 7.34. The molecule has 0 bridgehead atoms. The van der Waals surface area contributed by atoms with Gasteiger partial charge in [0.1, 0.15) is 0 Å². The number of nitrogens with zero attached hydrogens (tertiary/aromatic N) is 4. The first-order valence-corrected chi connectivity index (χ1v) is 18.6.